The van der Waals surface area contributed by atoms with Crippen molar-refractivity contribution in [2.24, 2.45) is 0 Å². The van der Waals surface area contributed by atoms with Gasteiger partial charge in [-0.05, 0) is 19.4 Å². The van der Waals surface area contributed by atoms with Crippen molar-refractivity contribution in [1.82, 2.24) is 4.98 Å². The molecule has 1 aromatic rings. The number of aromatic nitrogens is 1. The van der Waals surface area contributed by atoms with Crippen LogP contribution in [-0.4, -0.2) is 16.1 Å². The number of thiazole rings is 1. The number of carbonyl (C=O) groups is 1. The zero-order chi connectivity index (χ0) is 9.84. The summed E-state index contributed by atoms with van der Waals surface area (Å²) in [7, 11) is 0. The predicted molar refractivity (Wildman–Crippen MR) is 52.9 cm³/mol. The summed E-state index contributed by atoms with van der Waals surface area (Å²) in [4.78, 5) is 15.5. The molecule has 13 heavy (non-hydrogen) atoms. The van der Waals surface area contributed by atoms with Gasteiger partial charge in [0.2, 0.25) is 0 Å². The highest BCUT2D eigenvalue weighted by Crippen LogP contribution is 2.19. The van der Waals surface area contributed by atoms with Gasteiger partial charge in [-0.3, -0.25) is 0 Å². The van der Waals surface area contributed by atoms with Crippen molar-refractivity contribution in [3.8, 4) is 0 Å². The quantitative estimate of drug-likeness (QED) is 0.755. The average Bonchev–Trinajstić information content (AvgIpc) is 2.42. The highest BCUT2D eigenvalue weighted by atomic mass is 32.1. The molecule has 0 saturated carbocycles. The van der Waals surface area contributed by atoms with Crippen LogP contribution in [0, 0.1) is 6.92 Å². The van der Waals surface area contributed by atoms with E-state index in [0.29, 0.717) is 0 Å². The Kier molecular flexibility index (Phi) is 3.19. The van der Waals surface area contributed by atoms with Crippen molar-refractivity contribution in [3.05, 3.63) is 21.7 Å². The van der Waals surface area contributed by atoms with E-state index in [1.807, 2.05) is 13.8 Å². The monoisotopic (exact) mass is 197 g/mol. The van der Waals surface area contributed by atoms with Crippen LogP contribution in [0.15, 0.2) is 6.08 Å². The van der Waals surface area contributed by atoms with Crippen molar-refractivity contribution < 1.29 is 9.90 Å². The van der Waals surface area contributed by atoms with Crippen LogP contribution in [0.3, 0.4) is 0 Å². The summed E-state index contributed by atoms with van der Waals surface area (Å²) in [5, 5.41) is 9.42. The normalized spacial score (nSPS) is 10.9. The van der Waals surface area contributed by atoms with Gasteiger partial charge in [-0.15, -0.1) is 11.3 Å². The van der Waals surface area contributed by atoms with Crippen LogP contribution in [0.2, 0.25) is 0 Å². The summed E-state index contributed by atoms with van der Waals surface area (Å²) in [5.41, 5.74) is 0.972. The van der Waals surface area contributed by atoms with E-state index in [0.717, 1.165) is 28.1 Å². The molecule has 0 bridgehead atoms. The SMILES string of the molecule is CCc1nc(C)sc1/C=C/C(=O)O. The van der Waals surface area contributed by atoms with Gasteiger partial charge in [0, 0.05) is 6.08 Å². The van der Waals surface area contributed by atoms with Gasteiger partial charge in [0.25, 0.3) is 0 Å². The lowest BCUT2D eigenvalue weighted by atomic mass is 10.3. The molecule has 3 nitrogen and oxygen atoms in total. The van der Waals surface area contributed by atoms with Gasteiger partial charge in [-0.25, -0.2) is 9.78 Å². The number of nitrogens with zero attached hydrogens (tertiary/aromatic N) is 1. The van der Waals surface area contributed by atoms with E-state index in [2.05, 4.69) is 4.98 Å². The van der Waals surface area contributed by atoms with E-state index >= 15 is 0 Å². The fraction of sp³-hybridized carbons (Fsp3) is 0.333. The lowest BCUT2D eigenvalue weighted by Crippen LogP contribution is -1.87. The van der Waals surface area contributed by atoms with Crippen LogP contribution in [0.4, 0.5) is 0 Å². The fourth-order valence-corrected chi connectivity index (χ4v) is 1.93. The first-order valence-corrected chi connectivity index (χ1v) is 4.82. The van der Waals surface area contributed by atoms with Crippen LogP contribution in [-0.2, 0) is 11.2 Å². The molecule has 0 saturated heterocycles. The lowest BCUT2D eigenvalue weighted by molar-refractivity contribution is -0.131. The molecule has 1 aromatic heterocycles. The molecule has 1 heterocycles. The molecule has 0 atom stereocenters. The van der Waals surface area contributed by atoms with E-state index < -0.39 is 5.97 Å². The first-order valence-electron chi connectivity index (χ1n) is 4.00. The van der Waals surface area contributed by atoms with Gasteiger partial charge in [0.05, 0.1) is 15.6 Å². The smallest absolute Gasteiger partial charge is 0.328 e. The number of carboxylic acid groups (broad SMARTS) is 1. The lowest BCUT2D eigenvalue weighted by Gasteiger charge is -1.89. The minimum Gasteiger partial charge on any atom is -0.478 e. The van der Waals surface area contributed by atoms with E-state index in [1.165, 1.54) is 11.3 Å². The van der Waals surface area contributed by atoms with Crippen LogP contribution < -0.4 is 0 Å². The molecule has 0 aromatic carbocycles. The third-order valence-corrected chi connectivity index (χ3v) is 2.52. The maximum atomic E-state index is 10.3. The molecular weight excluding hydrogens is 186 g/mol. The summed E-state index contributed by atoms with van der Waals surface area (Å²) in [5.74, 6) is -0.923. The zero-order valence-electron chi connectivity index (χ0n) is 7.57. The van der Waals surface area contributed by atoms with E-state index in [1.54, 1.807) is 6.08 Å². The molecule has 0 unspecified atom stereocenters. The fourth-order valence-electron chi connectivity index (χ4n) is 1.02. The molecule has 70 valence electrons. The summed E-state index contributed by atoms with van der Waals surface area (Å²) >= 11 is 1.52. The van der Waals surface area contributed by atoms with Crippen molar-refractivity contribution >= 4 is 23.4 Å². The van der Waals surface area contributed by atoms with Gasteiger partial charge in [0.15, 0.2) is 0 Å². The van der Waals surface area contributed by atoms with Gasteiger partial charge in [-0.2, -0.15) is 0 Å². The molecule has 0 aliphatic carbocycles. The highest BCUT2D eigenvalue weighted by molar-refractivity contribution is 7.12. The highest BCUT2D eigenvalue weighted by Gasteiger charge is 2.03. The number of rotatable bonds is 3. The van der Waals surface area contributed by atoms with Crippen LogP contribution in [0.25, 0.3) is 6.08 Å². The number of hydrogen-bond acceptors (Lipinski definition) is 3. The van der Waals surface area contributed by atoms with Crippen LogP contribution >= 0.6 is 11.3 Å². The number of aliphatic carboxylic acids is 1. The Morgan fingerprint density at radius 2 is 2.38 bits per heavy atom. The van der Waals surface area contributed by atoms with Crippen molar-refractivity contribution in [2.75, 3.05) is 0 Å². The van der Waals surface area contributed by atoms with Crippen LogP contribution in [0.1, 0.15) is 22.5 Å². The average molecular weight is 197 g/mol. The van der Waals surface area contributed by atoms with Gasteiger partial charge in [-0.1, -0.05) is 6.92 Å². The molecule has 1 rings (SSSR count). The first kappa shape index (κ1) is 9.92. The van der Waals surface area contributed by atoms with E-state index in [-0.39, 0.29) is 0 Å². The summed E-state index contributed by atoms with van der Waals surface area (Å²) in [6, 6.07) is 0. The number of carboxylic acids is 1. The topological polar surface area (TPSA) is 50.2 Å². The Bertz CT molecular complexity index is 341. The van der Waals surface area contributed by atoms with E-state index in [9.17, 15) is 4.79 Å². The summed E-state index contributed by atoms with van der Waals surface area (Å²) in [6.45, 7) is 3.93. The largest absolute Gasteiger partial charge is 0.478 e. The Morgan fingerprint density at radius 3 is 2.92 bits per heavy atom. The van der Waals surface area contributed by atoms with E-state index in [4.69, 9.17) is 5.11 Å². The molecule has 0 radical (unpaired) electrons. The molecule has 4 heteroatoms. The minimum atomic E-state index is -0.923. The number of hydrogen-bond donors (Lipinski definition) is 1. The molecule has 0 fully saturated rings. The molecule has 0 amide bonds. The predicted octanol–water partition coefficient (Wildman–Crippen LogP) is 2.11. The molecule has 0 aliphatic rings. The molecule has 1 N–H and O–H groups in total. The second-order valence-electron chi connectivity index (χ2n) is 2.57. The molecule has 0 spiro atoms. The standard InChI is InChI=1S/C9H11NO2S/c1-3-7-8(4-5-9(11)12)13-6(2)10-7/h4-5H,3H2,1-2H3,(H,11,12)/b5-4+. The third kappa shape index (κ3) is 2.66. The van der Waals surface area contributed by atoms with Gasteiger partial charge >= 0.3 is 5.97 Å². The van der Waals surface area contributed by atoms with Crippen LogP contribution in [0.5, 0.6) is 0 Å². The minimum absolute atomic E-state index is 0.837. The second kappa shape index (κ2) is 4.18. The zero-order valence-corrected chi connectivity index (χ0v) is 8.39. The summed E-state index contributed by atoms with van der Waals surface area (Å²) in [6.07, 6.45) is 3.58. The van der Waals surface area contributed by atoms with Crippen molar-refractivity contribution in [2.45, 2.75) is 20.3 Å². The first-order chi connectivity index (χ1) is 6.13. The summed E-state index contributed by atoms with van der Waals surface area (Å²) < 4.78 is 0. The molecule has 0 aliphatic heterocycles. The van der Waals surface area contributed by atoms with Gasteiger partial charge in [0.1, 0.15) is 0 Å². The Labute approximate surface area is 80.7 Å². The van der Waals surface area contributed by atoms with Gasteiger partial charge < -0.3 is 5.11 Å². The maximum absolute atomic E-state index is 10.3. The third-order valence-electron chi connectivity index (χ3n) is 1.55. The molecular formula is C9H11NO2S. The van der Waals surface area contributed by atoms with Crippen molar-refractivity contribution in [3.63, 3.8) is 0 Å². The number of aryl methyl sites for hydroxylation is 2. The second-order valence-corrected chi connectivity index (χ2v) is 3.80. The Morgan fingerprint density at radius 1 is 1.69 bits per heavy atom. The Balaban J connectivity index is 2.92. The maximum Gasteiger partial charge on any atom is 0.328 e. The van der Waals surface area contributed by atoms with Crippen molar-refractivity contribution in [1.29, 1.82) is 0 Å². The Hall–Kier alpha value is -1.16.